The number of phenols is 1. The Morgan fingerprint density at radius 3 is 1.85 bits per heavy atom. The van der Waals surface area contributed by atoms with E-state index in [0.717, 1.165) is 0 Å². The zero-order valence-electron chi connectivity index (χ0n) is 13.6. The molecule has 0 radical (unpaired) electrons. The van der Waals surface area contributed by atoms with Crippen LogP contribution in [0.3, 0.4) is 0 Å². The lowest BCUT2D eigenvalue weighted by Gasteiger charge is -2.09. The molecular formula is C20H15ClN2O3. The first kappa shape index (κ1) is 17.5. The Bertz CT molecular complexity index is 938. The Balaban J connectivity index is 1.65. The van der Waals surface area contributed by atoms with Crippen molar-refractivity contribution in [3.63, 3.8) is 0 Å². The molecule has 130 valence electrons. The van der Waals surface area contributed by atoms with Crippen LogP contribution in [0.4, 0.5) is 11.4 Å². The summed E-state index contributed by atoms with van der Waals surface area (Å²) in [4.78, 5) is 24.3. The fraction of sp³-hybridized carbons (Fsp3) is 0. The lowest BCUT2D eigenvalue weighted by molar-refractivity contribution is 0.101. The second kappa shape index (κ2) is 7.72. The standard InChI is InChI=1S/C20H15ClN2O3/c21-14-7-5-13(6-8-14)19(25)22-15-9-11-16(12-10-15)23-20(26)17-3-1-2-4-18(17)24/h1-12,24H,(H,22,25)(H,23,26). The largest absolute Gasteiger partial charge is 0.507 e. The summed E-state index contributed by atoms with van der Waals surface area (Å²) < 4.78 is 0. The molecule has 0 bridgehead atoms. The highest BCUT2D eigenvalue weighted by Gasteiger charge is 2.11. The van der Waals surface area contributed by atoms with Crippen LogP contribution < -0.4 is 10.6 Å². The molecule has 0 aliphatic carbocycles. The summed E-state index contributed by atoms with van der Waals surface area (Å²) in [6, 6.07) is 19.5. The lowest BCUT2D eigenvalue weighted by atomic mass is 10.2. The van der Waals surface area contributed by atoms with Crippen LogP contribution in [-0.2, 0) is 0 Å². The van der Waals surface area contributed by atoms with Gasteiger partial charge in [-0.3, -0.25) is 9.59 Å². The average molecular weight is 367 g/mol. The number of carbonyl (C=O) groups excluding carboxylic acids is 2. The summed E-state index contributed by atoms with van der Waals surface area (Å²) in [6.07, 6.45) is 0. The summed E-state index contributed by atoms with van der Waals surface area (Å²) in [5.41, 5.74) is 1.81. The van der Waals surface area contributed by atoms with E-state index in [1.54, 1.807) is 60.7 Å². The number of amides is 2. The molecule has 0 fully saturated rings. The highest BCUT2D eigenvalue weighted by atomic mass is 35.5. The van der Waals surface area contributed by atoms with Crippen LogP contribution in [0.5, 0.6) is 5.75 Å². The molecule has 0 aromatic heterocycles. The first-order chi connectivity index (χ1) is 12.5. The van der Waals surface area contributed by atoms with Gasteiger partial charge in [0.2, 0.25) is 0 Å². The minimum atomic E-state index is -0.416. The van der Waals surface area contributed by atoms with Gasteiger partial charge in [0.15, 0.2) is 0 Å². The third kappa shape index (κ3) is 4.20. The molecule has 3 aromatic carbocycles. The van der Waals surface area contributed by atoms with Gasteiger partial charge in [-0.2, -0.15) is 0 Å². The Morgan fingerprint density at radius 2 is 1.27 bits per heavy atom. The van der Waals surface area contributed by atoms with Gasteiger partial charge < -0.3 is 15.7 Å². The number of benzene rings is 3. The summed E-state index contributed by atoms with van der Waals surface area (Å²) in [5, 5.41) is 15.7. The first-order valence-electron chi connectivity index (χ1n) is 7.79. The number of anilines is 2. The van der Waals surface area contributed by atoms with Crippen molar-refractivity contribution in [2.75, 3.05) is 10.6 Å². The van der Waals surface area contributed by atoms with E-state index >= 15 is 0 Å². The van der Waals surface area contributed by atoms with E-state index in [0.29, 0.717) is 22.0 Å². The molecule has 2 amide bonds. The smallest absolute Gasteiger partial charge is 0.259 e. The zero-order chi connectivity index (χ0) is 18.5. The zero-order valence-corrected chi connectivity index (χ0v) is 14.3. The number of phenolic OH excluding ortho intramolecular Hbond substituents is 1. The van der Waals surface area contributed by atoms with E-state index in [1.165, 1.54) is 12.1 Å². The van der Waals surface area contributed by atoms with E-state index in [-0.39, 0.29) is 17.2 Å². The van der Waals surface area contributed by atoms with Crippen molar-refractivity contribution in [2.24, 2.45) is 0 Å². The second-order valence-electron chi connectivity index (χ2n) is 5.51. The van der Waals surface area contributed by atoms with Crippen LogP contribution in [0.1, 0.15) is 20.7 Å². The molecule has 26 heavy (non-hydrogen) atoms. The van der Waals surface area contributed by atoms with Gasteiger partial charge in [-0.15, -0.1) is 0 Å². The molecule has 0 aliphatic heterocycles. The molecule has 3 rings (SSSR count). The number of aromatic hydroxyl groups is 1. The van der Waals surface area contributed by atoms with Gasteiger partial charge in [0.05, 0.1) is 5.56 Å². The van der Waals surface area contributed by atoms with E-state index < -0.39 is 5.91 Å². The predicted molar refractivity (Wildman–Crippen MR) is 102 cm³/mol. The Morgan fingerprint density at radius 1 is 0.731 bits per heavy atom. The van der Waals surface area contributed by atoms with Crippen molar-refractivity contribution >= 4 is 34.8 Å². The van der Waals surface area contributed by atoms with Crippen molar-refractivity contribution in [1.82, 2.24) is 0 Å². The van der Waals surface area contributed by atoms with Crippen molar-refractivity contribution < 1.29 is 14.7 Å². The van der Waals surface area contributed by atoms with Gasteiger partial charge >= 0.3 is 0 Å². The minimum absolute atomic E-state index is 0.0863. The molecule has 0 saturated heterocycles. The van der Waals surface area contributed by atoms with Gasteiger partial charge in [-0.1, -0.05) is 23.7 Å². The van der Waals surface area contributed by atoms with Crippen molar-refractivity contribution in [3.05, 3.63) is 88.9 Å². The molecule has 0 atom stereocenters. The number of carbonyl (C=O) groups is 2. The molecule has 0 heterocycles. The number of para-hydroxylation sites is 1. The SMILES string of the molecule is O=C(Nc1ccc(NC(=O)c2ccccc2O)cc1)c1ccc(Cl)cc1. The third-order valence-corrected chi connectivity index (χ3v) is 3.91. The highest BCUT2D eigenvalue weighted by molar-refractivity contribution is 6.30. The van der Waals surface area contributed by atoms with Gasteiger partial charge in [0, 0.05) is 22.0 Å². The number of rotatable bonds is 4. The summed E-state index contributed by atoms with van der Waals surface area (Å²) >= 11 is 5.81. The van der Waals surface area contributed by atoms with Crippen LogP contribution >= 0.6 is 11.6 Å². The predicted octanol–water partition coefficient (Wildman–Crippen LogP) is 4.55. The molecule has 0 spiro atoms. The van der Waals surface area contributed by atoms with E-state index in [2.05, 4.69) is 10.6 Å². The van der Waals surface area contributed by atoms with E-state index in [4.69, 9.17) is 11.6 Å². The number of nitrogens with one attached hydrogen (secondary N) is 2. The van der Waals surface area contributed by atoms with Gasteiger partial charge in [0.25, 0.3) is 11.8 Å². The second-order valence-corrected chi connectivity index (χ2v) is 5.95. The van der Waals surface area contributed by atoms with Crippen molar-refractivity contribution in [2.45, 2.75) is 0 Å². The van der Waals surface area contributed by atoms with Gasteiger partial charge in [-0.05, 0) is 60.7 Å². The number of halogens is 1. The molecule has 0 aliphatic rings. The molecular weight excluding hydrogens is 352 g/mol. The molecule has 6 heteroatoms. The molecule has 0 unspecified atom stereocenters. The van der Waals surface area contributed by atoms with E-state index in [1.807, 2.05) is 0 Å². The lowest BCUT2D eigenvalue weighted by Crippen LogP contribution is -2.13. The molecule has 5 nitrogen and oxygen atoms in total. The monoisotopic (exact) mass is 366 g/mol. The number of hydrogen-bond donors (Lipinski definition) is 3. The molecule has 0 saturated carbocycles. The highest BCUT2D eigenvalue weighted by Crippen LogP contribution is 2.19. The first-order valence-corrected chi connectivity index (χ1v) is 8.17. The van der Waals surface area contributed by atoms with E-state index in [9.17, 15) is 14.7 Å². The van der Waals surface area contributed by atoms with Crippen molar-refractivity contribution in [1.29, 1.82) is 0 Å². The summed E-state index contributed by atoms with van der Waals surface area (Å²) in [5.74, 6) is -0.759. The third-order valence-electron chi connectivity index (χ3n) is 3.66. The average Bonchev–Trinajstić information content (AvgIpc) is 2.64. The van der Waals surface area contributed by atoms with Crippen LogP contribution in [0.15, 0.2) is 72.8 Å². The van der Waals surface area contributed by atoms with Crippen LogP contribution in [0.2, 0.25) is 5.02 Å². The fourth-order valence-electron chi connectivity index (χ4n) is 2.31. The quantitative estimate of drug-likeness (QED) is 0.633. The molecule has 3 N–H and O–H groups in total. The van der Waals surface area contributed by atoms with Gasteiger partial charge in [0.1, 0.15) is 5.75 Å². The maximum absolute atomic E-state index is 12.2. The fourth-order valence-corrected chi connectivity index (χ4v) is 2.43. The van der Waals surface area contributed by atoms with Crippen LogP contribution in [0.25, 0.3) is 0 Å². The Hall–Kier alpha value is -3.31. The maximum Gasteiger partial charge on any atom is 0.259 e. The normalized spacial score (nSPS) is 10.2. The Labute approximate surface area is 155 Å². The van der Waals surface area contributed by atoms with Crippen LogP contribution in [-0.4, -0.2) is 16.9 Å². The molecule has 3 aromatic rings. The minimum Gasteiger partial charge on any atom is -0.507 e. The maximum atomic E-state index is 12.2. The Kier molecular flexibility index (Phi) is 5.20. The van der Waals surface area contributed by atoms with Crippen LogP contribution in [0, 0.1) is 0 Å². The summed E-state index contributed by atoms with van der Waals surface area (Å²) in [6.45, 7) is 0. The van der Waals surface area contributed by atoms with Crippen molar-refractivity contribution in [3.8, 4) is 5.75 Å². The summed E-state index contributed by atoms with van der Waals surface area (Å²) in [7, 11) is 0. The van der Waals surface area contributed by atoms with Gasteiger partial charge in [-0.25, -0.2) is 0 Å². The number of hydrogen-bond acceptors (Lipinski definition) is 3. The topological polar surface area (TPSA) is 78.4 Å².